The van der Waals surface area contributed by atoms with E-state index < -0.39 is 5.97 Å². The molecule has 2 aromatic carbocycles. The molecular weight excluding hydrogens is 398 g/mol. The molecule has 0 bridgehead atoms. The number of anilines is 1. The van der Waals surface area contributed by atoms with Crippen molar-refractivity contribution in [2.45, 2.75) is 44.6 Å². The number of carboxylic acid groups (broad SMARTS) is 1. The van der Waals surface area contributed by atoms with E-state index in [4.69, 9.17) is 0 Å². The maximum atomic E-state index is 12.2. The van der Waals surface area contributed by atoms with Crippen molar-refractivity contribution in [2.75, 3.05) is 5.32 Å². The third-order valence-electron chi connectivity index (χ3n) is 5.54. The quantitative estimate of drug-likeness (QED) is 0.409. The summed E-state index contributed by atoms with van der Waals surface area (Å²) in [6, 6.07) is 16.1. The van der Waals surface area contributed by atoms with Crippen LogP contribution in [0.5, 0.6) is 0 Å². The first-order chi connectivity index (χ1) is 13.8. The first kappa shape index (κ1) is 20.0. The number of rotatable bonds is 5. The van der Waals surface area contributed by atoms with Crippen molar-refractivity contribution >= 4 is 35.6 Å². The Labute approximate surface area is 181 Å². The number of nitrogens with one attached hydrogen (secondary N) is 1. The lowest BCUT2D eigenvalue weighted by molar-refractivity contribution is 0.0696. The minimum Gasteiger partial charge on any atom is -0.478 e. The fourth-order valence-electron chi connectivity index (χ4n) is 3.96. The van der Waals surface area contributed by atoms with E-state index in [9.17, 15) is 9.90 Å². The van der Waals surface area contributed by atoms with Gasteiger partial charge in [-0.05, 0) is 71.7 Å². The van der Waals surface area contributed by atoms with Gasteiger partial charge < -0.3 is 10.4 Å². The molecule has 0 amide bonds. The topological polar surface area (TPSA) is 49.3 Å². The number of thiophene rings is 1. The number of fused-ring (bicyclic) bond motifs is 1. The van der Waals surface area contributed by atoms with Gasteiger partial charge in [0.2, 0.25) is 0 Å². The summed E-state index contributed by atoms with van der Waals surface area (Å²) in [5, 5.41) is 13.4. The molecule has 0 aliphatic heterocycles. The minimum atomic E-state index is -0.814. The standard InChI is InChI=1S/C24H25NO2S2/c1-24(2)11-10-20-19(13-24)21(23(26)27)22(29-20)16-5-3-4-15(12-16)14-25-17-6-8-18(28)9-7-17/h3-9,12,25,28H,10-11,13-14H2,1-2H3,(H,26,27). The monoisotopic (exact) mass is 423 g/mol. The minimum absolute atomic E-state index is 0.157. The summed E-state index contributed by atoms with van der Waals surface area (Å²) in [6.07, 6.45) is 2.91. The molecule has 29 heavy (non-hydrogen) atoms. The molecule has 4 rings (SSSR count). The average molecular weight is 424 g/mol. The van der Waals surface area contributed by atoms with Crippen LogP contribution in [0.15, 0.2) is 53.4 Å². The van der Waals surface area contributed by atoms with E-state index in [1.165, 1.54) is 4.88 Å². The number of carbonyl (C=O) groups is 1. The molecule has 1 aromatic heterocycles. The largest absolute Gasteiger partial charge is 0.478 e. The fourth-order valence-corrected chi connectivity index (χ4v) is 5.41. The molecule has 0 radical (unpaired) electrons. The van der Waals surface area contributed by atoms with E-state index in [0.29, 0.717) is 12.1 Å². The van der Waals surface area contributed by atoms with Gasteiger partial charge in [0.15, 0.2) is 0 Å². The van der Waals surface area contributed by atoms with Gasteiger partial charge >= 0.3 is 5.97 Å². The van der Waals surface area contributed by atoms with Crippen molar-refractivity contribution < 1.29 is 9.90 Å². The van der Waals surface area contributed by atoms with Gasteiger partial charge in [-0.2, -0.15) is 0 Å². The Morgan fingerprint density at radius 2 is 1.97 bits per heavy atom. The van der Waals surface area contributed by atoms with Gasteiger partial charge in [-0.1, -0.05) is 32.0 Å². The second-order valence-electron chi connectivity index (χ2n) is 8.45. The highest BCUT2D eigenvalue weighted by Crippen LogP contribution is 2.45. The summed E-state index contributed by atoms with van der Waals surface area (Å²) >= 11 is 5.98. The van der Waals surface area contributed by atoms with Gasteiger partial charge in [-0.15, -0.1) is 24.0 Å². The highest BCUT2D eigenvalue weighted by Gasteiger charge is 2.32. The zero-order valence-corrected chi connectivity index (χ0v) is 18.4. The van der Waals surface area contributed by atoms with Crippen LogP contribution < -0.4 is 5.32 Å². The van der Waals surface area contributed by atoms with E-state index in [1.54, 1.807) is 11.3 Å². The van der Waals surface area contributed by atoms with Gasteiger partial charge in [0, 0.05) is 26.9 Å². The predicted molar refractivity (Wildman–Crippen MR) is 124 cm³/mol. The van der Waals surface area contributed by atoms with Crippen LogP contribution in [0.4, 0.5) is 5.69 Å². The normalized spacial score (nSPS) is 15.0. The summed E-state index contributed by atoms with van der Waals surface area (Å²) in [5.74, 6) is -0.814. The van der Waals surface area contributed by atoms with Crippen LogP contribution in [-0.4, -0.2) is 11.1 Å². The van der Waals surface area contributed by atoms with E-state index in [-0.39, 0.29) is 5.41 Å². The molecule has 0 unspecified atom stereocenters. The number of hydrogen-bond acceptors (Lipinski definition) is 4. The number of hydrogen-bond donors (Lipinski definition) is 3. The molecule has 3 nitrogen and oxygen atoms in total. The van der Waals surface area contributed by atoms with Gasteiger partial charge in [0.1, 0.15) is 0 Å². The van der Waals surface area contributed by atoms with Gasteiger partial charge in [0.05, 0.1) is 5.56 Å². The second-order valence-corrected chi connectivity index (χ2v) is 10.1. The summed E-state index contributed by atoms with van der Waals surface area (Å²) in [7, 11) is 0. The summed E-state index contributed by atoms with van der Waals surface area (Å²) in [6.45, 7) is 5.14. The molecule has 0 saturated heterocycles. The molecule has 150 valence electrons. The van der Waals surface area contributed by atoms with Crippen LogP contribution in [0.25, 0.3) is 10.4 Å². The van der Waals surface area contributed by atoms with Crippen LogP contribution >= 0.6 is 24.0 Å². The summed E-state index contributed by atoms with van der Waals surface area (Å²) in [4.78, 5) is 15.2. The Hall–Kier alpha value is -2.24. The zero-order chi connectivity index (χ0) is 20.6. The second kappa shape index (κ2) is 7.88. The number of carboxylic acids is 1. The Morgan fingerprint density at radius 3 is 2.69 bits per heavy atom. The van der Waals surface area contributed by atoms with Gasteiger partial charge in [-0.3, -0.25) is 0 Å². The Bertz CT molecular complexity index is 1050. The Kier molecular flexibility index (Phi) is 5.45. The highest BCUT2D eigenvalue weighted by atomic mass is 32.1. The summed E-state index contributed by atoms with van der Waals surface area (Å²) in [5.41, 5.74) is 4.86. The SMILES string of the molecule is CC1(C)CCc2sc(-c3cccc(CNc4ccc(S)cc4)c3)c(C(=O)O)c2C1. The molecule has 0 spiro atoms. The van der Waals surface area contributed by atoms with E-state index in [0.717, 1.165) is 51.4 Å². The van der Waals surface area contributed by atoms with Crippen LogP contribution in [-0.2, 0) is 19.4 Å². The number of thiol groups is 1. The van der Waals surface area contributed by atoms with Crippen LogP contribution in [0.3, 0.4) is 0 Å². The number of aryl methyl sites for hydroxylation is 1. The maximum absolute atomic E-state index is 12.2. The molecule has 1 aliphatic carbocycles. The third kappa shape index (κ3) is 4.36. The smallest absolute Gasteiger partial charge is 0.337 e. The van der Waals surface area contributed by atoms with E-state index in [1.807, 2.05) is 36.4 Å². The molecule has 0 saturated carbocycles. The van der Waals surface area contributed by atoms with Crippen molar-refractivity contribution in [3.8, 4) is 10.4 Å². The first-order valence-electron chi connectivity index (χ1n) is 9.82. The van der Waals surface area contributed by atoms with Crippen LogP contribution in [0.2, 0.25) is 0 Å². The van der Waals surface area contributed by atoms with E-state index >= 15 is 0 Å². The maximum Gasteiger partial charge on any atom is 0.337 e. The third-order valence-corrected chi connectivity index (χ3v) is 7.18. The molecule has 1 heterocycles. The van der Waals surface area contributed by atoms with Crippen molar-refractivity contribution in [3.63, 3.8) is 0 Å². The van der Waals surface area contributed by atoms with Gasteiger partial charge in [-0.25, -0.2) is 4.79 Å². The molecule has 3 aromatic rings. The number of aromatic carboxylic acids is 1. The predicted octanol–water partition coefficient (Wildman–Crippen LogP) is 6.53. The van der Waals surface area contributed by atoms with Crippen molar-refractivity contribution in [1.29, 1.82) is 0 Å². The first-order valence-corrected chi connectivity index (χ1v) is 11.1. The molecule has 1 aliphatic rings. The van der Waals surface area contributed by atoms with Crippen LogP contribution in [0, 0.1) is 5.41 Å². The fraction of sp³-hybridized carbons (Fsp3) is 0.292. The molecule has 5 heteroatoms. The Balaban J connectivity index is 1.64. The summed E-state index contributed by atoms with van der Waals surface area (Å²) < 4.78 is 0. The average Bonchev–Trinajstić information content (AvgIpc) is 3.05. The van der Waals surface area contributed by atoms with Crippen molar-refractivity contribution in [3.05, 3.63) is 70.1 Å². The lowest BCUT2D eigenvalue weighted by Gasteiger charge is -2.29. The van der Waals surface area contributed by atoms with Gasteiger partial charge in [0.25, 0.3) is 0 Å². The Morgan fingerprint density at radius 1 is 1.21 bits per heavy atom. The van der Waals surface area contributed by atoms with Crippen molar-refractivity contribution in [1.82, 2.24) is 0 Å². The van der Waals surface area contributed by atoms with E-state index in [2.05, 4.69) is 43.9 Å². The zero-order valence-electron chi connectivity index (χ0n) is 16.7. The van der Waals surface area contributed by atoms with Crippen LogP contribution in [0.1, 0.15) is 46.6 Å². The molecular formula is C24H25NO2S2. The highest BCUT2D eigenvalue weighted by molar-refractivity contribution is 7.80. The molecule has 0 fully saturated rings. The number of benzene rings is 2. The molecule has 2 N–H and O–H groups in total. The lowest BCUT2D eigenvalue weighted by Crippen LogP contribution is -2.22. The van der Waals surface area contributed by atoms with Crippen molar-refractivity contribution in [2.24, 2.45) is 5.41 Å². The lowest BCUT2D eigenvalue weighted by atomic mass is 9.76. The molecule has 0 atom stereocenters.